The van der Waals surface area contributed by atoms with E-state index in [-0.39, 0.29) is 5.92 Å². The number of nitrogens with one attached hydrogen (secondary N) is 1. The molecule has 1 saturated carbocycles. The van der Waals surface area contributed by atoms with Crippen molar-refractivity contribution >= 4 is 44.7 Å². The van der Waals surface area contributed by atoms with Crippen LogP contribution in [-0.4, -0.2) is 53.3 Å². The summed E-state index contributed by atoms with van der Waals surface area (Å²) < 4.78 is 6.38. The minimum atomic E-state index is 0.169. The topological polar surface area (TPSA) is 67.3 Å². The molecule has 1 N–H and O–H groups in total. The molecule has 2 aromatic rings. The van der Waals surface area contributed by atoms with Crippen LogP contribution in [0.2, 0.25) is 5.15 Å². The van der Waals surface area contributed by atoms with Crippen LogP contribution in [0.15, 0.2) is 11.4 Å². The molecule has 5 rings (SSSR count). The van der Waals surface area contributed by atoms with E-state index < -0.39 is 0 Å². The van der Waals surface area contributed by atoms with Gasteiger partial charge in [-0.1, -0.05) is 11.6 Å². The van der Waals surface area contributed by atoms with Gasteiger partial charge in [-0.2, -0.15) is 0 Å². The third-order valence-electron chi connectivity index (χ3n) is 6.32. The zero-order chi connectivity index (χ0) is 18.4. The maximum absolute atomic E-state index is 12.8. The Bertz CT molecular complexity index is 839. The maximum atomic E-state index is 12.8. The van der Waals surface area contributed by atoms with Crippen molar-refractivity contribution < 1.29 is 9.53 Å². The number of anilines is 1. The first-order valence-electron chi connectivity index (χ1n) is 9.71. The lowest BCUT2D eigenvalue weighted by molar-refractivity contribution is -0.137. The molecule has 2 aliphatic heterocycles. The molecule has 4 heterocycles. The molecule has 0 radical (unpaired) electrons. The zero-order valence-corrected chi connectivity index (χ0v) is 16.6. The number of likely N-dealkylation sites (tertiary alicyclic amines) is 1. The molecule has 0 bridgehead atoms. The van der Waals surface area contributed by atoms with Gasteiger partial charge < -0.3 is 15.0 Å². The van der Waals surface area contributed by atoms with Crippen LogP contribution >= 0.6 is 22.9 Å². The van der Waals surface area contributed by atoms with Crippen molar-refractivity contribution in [2.75, 3.05) is 31.6 Å². The largest absolute Gasteiger partial charge is 0.381 e. The molecule has 8 heteroatoms. The van der Waals surface area contributed by atoms with Crippen molar-refractivity contribution in [3.05, 3.63) is 16.6 Å². The van der Waals surface area contributed by atoms with Crippen molar-refractivity contribution in [2.45, 2.75) is 31.7 Å². The van der Waals surface area contributed by atoms with Crippen LogP contribution in [0.3, 0.4) is 0 Å². The number of rotatable bonds is 3. The van der Waals surface area contributed by atoms with E-state index in [1.54, 1.807) is 11.3 Å². The molecule has 3 aliphatic rings. The van der Waals surface area contributed by atoms with Gasteiger partial charge in [0.25, 0.3) is 0 Å². The summed E-state index contributed by atoms with van der Waals surface area (Å²) in [5.41, 5.74) is 0. The van der Waals surface area contributed by atoms with Gasteiger partial charge in [0.2, 0.25) is 5.91 Å². The van der Waals surface area contributed by atoms with E-state index in [0.29, 0.717) is 28.9 Å². The molecule has 2 saturated heterocycles. The fourth-order valence-corrected chi connectivity index (χ4v) is 5.99. The van der Waals surface area contributed by atoms with Crippen molar-refractivity contribution in [1.82, 2.24) is 15.1 Å². The number of nitrogens with zero attached hydrogens (tertiary/aromatic N) is 3. The third-order valence-corrected chi connectivity index (χ3v) is 7.62. The molecule has 3 fully saturated rings. The predicted octanol–water partition coefficient (Wildman–Crippen LogP) is 3.42. The number of thiophene rings is 1. The van der Waals surface area contributed by atoms with Gasteiger partial charge in [0.1, 0.15) is 0 Å². The van der Waals surface area contributed by atoms with Gasteiger partial charge >= 0.3 is 0 Å². The number of aromatic nitrogens is 2. The number of halogens is 1. The second-order valence-corrected chi connectivity index (χ2v) is 9.24. The molecule has 6 nitrogen and oxygen atoms in total. The van der Waals surface area contributed by atoms with Crippen molar-refractivity contribution in [3.63, 3.8) is 0 Å². The molecule has 1 amide bonds. The average Bonchev–Trinajstić information content (AvgIpc) is 3.39. The van der Waals surface area contributed by atoms with Gasteiger partial charge in [0.05, 0.1) is 4.70 Å². The molecule has 1 unspecified atom stereocenters. The van der Waals surface area contributed by atoms with E-state index in [4.69, 9.17) is 16.3 Å². The first-order valence-corrected chi connectivity index (χ1v) is 11.0. The molecule has 0 aromatic carbocycles. The average molecular weight is 407 g/mol. The van der Waals surface area contributed by atoms with Crippen molar-refractivity contribution in [1.29, 1.82) is 0 Å². The number of carbonyl (C=O) groups excluding carboxylic acids is 1. The summed E-state index contributed by atoms with van der Waals surface area (Å²) in [6.45, 7) is 3.25. The number of hydrogen-bond acceptors (Lipinski definition) is 6. The normalized spacial score (nSPS) is 28.6. The summed E-state index contributed by atoms with van der Waals surface area (Å²) in [5, 5.41) is 15.5. The summed E-state index contributed by atoms with van der Waals surface area (Å²) in [6.07, 6.45) is 3.91. The van der Waals surface area contributed by atoms with Gasteiger partial charge in [0, 0.05) is 43.6 Å². The van der Waals surface area contributed by atoms with Crippen LogP contribution in [0.5, 0.6) is 0 Å². The van der Waals surface area contributed by atoms with Gasteiger partial charge in [-0.25, -0.2) is 0 Å². The monoisotopic (exact) mass is 406 g/mol. The summed E-state index contributed by atoms with van der Waals surface area (Å²) in [7, 11) is 0. The third kappa shape index (κ3) is 3.30. The Morgan fingerprint density at radius 2 is 1.96 bits per heavy atom. The predicted molar refractivity (Wildman–Crippen MR) is 106 cm³/mol. The Balaban J connectivity index is 1.21. The van der Waals surface area contributed by atoms with Crippen LogP contribution in [0, 0.1) is 17.8 Å². The minimum absolute atomic E-state index is 0.169. The Morgan fingerprint density at radius 1 is 1.22 bits per heavy atom. The van der Waals surface area contributed by atoms with Crippen molar-refractivity contribution in [3.8, 4) is 0 Å². The first kappa shape index (κ1) is 17.6. The lowest BCUT2D eigenvalue weighted by Crippen LogP contribution is -2.38. The highest BCUT2D eigenvalue weighted by Gasteiger charge is 2.43. The maximum Gasteiger partial charge on any atom is 0.225 e. The number of carbonyl (C=O) groups is 1. The van der Waals surface area contributed by atoms with Crippen molar-refractivity contribution in [2.24, 2.45) is 17.8 Å². The smallest absolute Gasteiger partial charge is 0.225 e. The fraction of sp³-hybridized carbons (Fsp3) is 0.632. The van der Waals surface area contributed by atoms with Crippen LogP contribution in [0.25, 0.3) is 10.1 Å². The van der Waals surface area contributed by atoms with Gasteiger partial charge in [0.15, 0.2) is 11.0 Å². The summed E-state index contributed by atoms with van der Waals surface area (Å²) in [6, 6.07) is 2.44. The molecule has 3 atom stereocenters. The molecular formula is C19H23ClN4O2S. The second kappa shape index (κ2) is 7.18. The lowest BCUT2D eigenvalue weighted by Gasteiger charge is -2.27. The first-order chi connectivity index (χ1) is 13.2. The van der Waals surface area contributed by atoms with Gasteiger partial charge in [-0.05, 0) is 49.0 Å². The Labute approximate surface area is 167 Å². The van der Waals surface area contributed by atoms with Crippen LogP contribution < -0.4 is 5.32 Å². The van der Waals surface area contributed by atoms with E-state index in [0.717, 1.165) is 67.9 Å². The molecule has 1 aliphatic carbocycles. The lowest BCUT2D eigenvalue weighted by atomic mass is 9.98. The summed E-state index contributed by atoms with van der Waals surface area (Å²) in [5.74, 6) is 2.52. The second-order valence-electron chi connectivity index (χ2n) is 7.97. The summed E-state index contributed by atoms with van der Waals surface area (Å²) in [4.78, 5) is 14.9. The Kier molecular flexibility index (Phi) is 4.70. The van der Waals surface area contributed by atoms with E-state index in [1.807, 2.05) is 11.4 Å². The minimum Gasteiger partial charge on any atom is -0.381 e. The standard InChI is InChI=1S/C19H23ClN4O2S/c20-17-16-15(3-6-27-16)18(23-22-17)21-14-7-12-9-24(10-13(12)8-14)19(25)11-1-4-26-5-2-11/h3,6,11-14H,1-2,4-5,7-10H2,(H,21,23)/t12-,13+,14?. The fourth-order valence-electron chi connectivity index (χ4n) is 4.95. The Hall–Kier alpha value is -1.44. The molecular weight excluding hydrogens is 384 g/mol. The SMILES string of the molecule is O=C(C1CCOCC1)N1C[C@H]2CC(Nc3nnc(Cl)c4sccc34)C[C@H]2C1. The van der Waals surface area contributed by atoms with E-state index in [1.165, 1.54) is 0 Å². The van der Waals surface area contributed by atoms with Crippen LogP contribution in [-0.2, 0) is 9.53 Å². The highest BCUT2D eigenvalue weighted by molar-refractivity contribution is 7.17. The van der Waals surface area contributed by atoms with Crippen LogP contribution in [0.4, 0.5) is 5.82 Å². The highest BCUT2D eigenvalue weighted by atomic mass is 35.5. The quantitative estimate of drug-likeness (QED) is 0.845. The number of hydrogen-bond donors (Lipinski definition) is 1. The van der Waals surface area contributed by atoms with E-state index in [9.17, 15) is 4.79 Å². The molecule has 0 spiro atoms. The van der Waals surface area contributed by atoms with Crippen LogP contribution in [0.1, 0.15) is 25.7 Å². The molecule has 144 valence electrons. The number of ether oxygens (including phenoxy) is 1. The zero-order valence-electron chi connectivity index (χ0n) is 15.1. The van der Waals surface area contributed by atoms with E-state index >= 15 is 0 Å². The van der Waals surface area contributed by atoms with E-state index in [2.05, 4.69) is 20.4 Å². The molecule has 27 heavy (non-hydrogen) atoms. The summed E-state index contributed by atoms with van der Waals surface area (Å²) >= 11 is 7.73. The Morgan fingerprint density at radius 3 is 2.70 bits per heavy atom. The highest BCUT2D eigenvalue weighted by Crippen LogP contribution is 2.41. The molecule has 2 aromatic heterocycles. The van der Waals surface area contributed by atoms with Gasteiger partial charge in [-0.15, -0.1) is 21.5 Å². The number of amides is 1. The number of fused-ring (bicyclic) bond motifs is 2. The van der Waals surface area contributed by atoms with Gasteiger partial charge in [-0.3, -0.25) is 4.79 Å².